The molecule has 0 amide bonds. The van der Waals surface area contributed by atoms with Crippen LogP contribution in [0.4, 0.5) is 0 Å². The third kappa shape index (κ3) is 3.44. The number of nitriles is 1. The van der Waals surface area contributed by atoms with E-state index in [1.165, 1.54) is 11.3 Å². The lowest BCUT2D eigenvalue weighted by Crippen LogP contribution is -2.25. The molecular weight excluding hydrogens is 400 g/mol. The molecule has 1 atom stereocenters. The van der Waals surface area contributed by atoms with Gasteiger partial charge < -0.3 is 19.8 Å². The maximum absolute atomic E-state index is 12.6. The Kier molecular flexibility index (Phi) is 5.29. The zero-order valence-corrected chi connectivity index (χ0v) is 17.4. The first-order valence-corrected chi connectivity index (χ1v) is 10.3. The number of carbonyl (C=O) groups excluding carboxylic acids is 1. The first-order valence-electron chi connectivity index (χ1n) is 9.46. The van der Waals surface area contributed by atoms with Gasteiger partial charge in [-0.25, -0.2) is 9.78 Å². The molecule has 0 spiro atoms. The average Bonchev–Trinajstić information content (AvgIpc) is 3.35. The van der Waals surface area contributed by atoms with Crippen LogP contribution in [0.3, 0.4) is 0 Å². The van der Waals surface area contributed by atoms with Crippen molar-refractivity contribution >= 4 is 28.3 Å². The van der Waals surface area contributed by atoms with Crippen LogP contribution >= 0.6 is 11.3 Å². The molecule has 1 aromatic carbocycles. The molecule has 0 bridgehead atoms. The van der Waals surface area contributed by atoms with Crippen molar-refractivity contribution in [3.8, 4) is 6.07 Å². The molecule has 1 unspecified atom stereocenters. The van der Waals surface area contributed by atoms with Gasteiger partial charge in [-0.05, 0) is 43.0 Å². The summed E-state index contributed by atoms with van der Waals surface area (Å²) in [7, 11) is 0. The molecule has 0 saturated heterocycles. The molecule has 0 aliphatic carbocycles. The maximum Gasteiger partial charge on any atom is 0.338 e. The summed E-state index contributed by atoms with van der Waals surface area (Å²) in [5.74, 6) is -0.744. The molecule has 152 valence electrons. The maximum atomic E-state index is 12.6. The molecule has 30 heavy (non-hydrogen) atoms. The summed E-state index contributed by atoms with van der Waals surface area (Å²) >= 11 is 1.47. The number of hydrogen-bond acceptors (Lipinski definition) is 7. The summed E-state index contributed by atoms with van der Waals surface area (Å²) in [6, 6.07) is 12.0. The van der Waals surface area contributed by atoms with Gasteiger partial charge in [0.05, 0.1) is 35.5 Å². The molecule has 2 aromatic heterocycles. The Hall–Kier alpha value is -3.57. The number of nitrogens with zero attached hydrogens (tertiary/aromatic N) is 3. The van der Waals surface area contributed by atoms with Gasteiger partial charge in [-0.15, -0.1) is 11.3 Å². The number of hydrogen-bond donors (Lipinski definition) is 1. The third-order valence-electron chi connectivity index (χ3n) is 4.94. The topological polar surface area (TPSA) is 103 Å². The summed E-state index contributed by atoms with van der Waals surface area (Å²) in [6.07, 6.45) is 1.81. The Morgan fingerprint density at radius 2 is 2.23 bits per heavy atom. The van der Waals surface area contributed by atoms with Gasteiger partial charge in [0, 0.05) is 11.4 Å². The standard InChI is InChI=1S/C22H20N4O3S/c1-3-28-22(27)19-13(2)29-21(24)15(9-23)20(19)18-8-14(11-30-18)10-26-12-25-16-6-4-5-7-17(16)26/h4-8,11-12,20H,3,10,24H2,1-2H3. The SMILES string of the molecule is CCOC(=O)C1=C(C)OC(N)=C(C#N)C1c1cc(Cn2cnc3ccccc32)cs1. The third-order valence-corrected chi connectivity index (χ3v) is 5.99. The first-order chi connectivity index (χ1) is 14.5. The number of esters is 1. The molecule has 1 aliphatic rings. The fraction of sp³-hybridized carbons (Fsp3) is 0.227. The number of carbonyl (C=O) groups is 1. The second-order valence-corrected chi connectivity index (χ2v) is 7.78. The van der Waals surface area contributed by atoms with E-state index in [1.54, 1.807) is 13.8 Å². The second kappa shape index (κ2) is 8.05. The predicted molar refractivity (Wildman–Crippen MR) is 113 cm³/mol. The van der Waals surface area contributed by atoms with E-state index in [0.29, 0.717) is 17.9 Å². The highest BCUT2D eigenvalue weighted by atomic mass is 32.1. The number of imidazole rings is 1. The minimum absolute atomic E-state index is 0.0172. The van der Waals surface area contributed by atoms with Crippen molar-refractivity contribution in [2.45, 2.75) is 26.3 Å². The molecule has 8 heteroatoms. The van der Waals surface area contributed by atoms with E-state index in [2.05, 4.69) is 15.6 Å². The zero-order chi connectivity index (χ0) is 21.3. The number of nitrogens with two attached hydrogens (primary N) is 1. The van der Waals surface area contributed by atoms with Crippen molar-refractivity contribution in [3.63, 3.8) is 0 Å². The van der Waals surface area contributed by atoms with Crippen LogP contribution in [0.2, 0.25) is 0 Å². The quantitative estimate of drug-likeness (QED) is 0.630. The highest BCUT2D eigenvalue weighted by Crippen LogP contribution is 2.42. The monoisotopic (exact) mass is 420 g/mol. The Balaban J connectivity index is 1.71. The molecule has 0 saturated carbocycles. The van der Waals surface area contributed by atoms with Crippen LogP contribution < -0.4 is 5.73 Å². The van der Waals surface area contributed by atoms with Crippen LogP contribution in [0.5, 0.6) is 0 Å². The normalized spacial score (nSPS) is 16.5. The number of ether oxygens (including phenoxy) is 2. The highest BCUT2D eigenvalue weighted by Gasteiger charge is 2.37. The molecule has 7 nitrogen and oxygen atoms in total. The number of para-hydroxylation sites is 2. The van der Waals surface area contributed by atoms with Crippen molar-refractivity contribution in [1.82, 2.24) is 9.55 Å². The van der Waals surface area contributed by atoms with Crippen molar-refractivity contribution in [3.05, 3.63) is 75.3 Å². The molecule has 0 radical (unpaired) electrons. The van der Waals surface area contributed by atoms with Crippen molar-refractivity contribution in [2.24, 2.45) is 5.73 Å². The molecule has 3 aromatic rings. The number of aromatic nitrogens is 2. The summed E-state index contributed by atoms with van der Waals surface area (Å²) in [4.78, 5) is 17.9. The molecule has 2 N–H and O–H groups in total. The lowest BCUT2D eigenvalue weighted by molar-refractivity contribution is -0.139. The molecule has 0 fully saturated rings. The Morgan fingerprint density at radius 1 is 1.43 bits per heavy atom. The van der Waals surface area contributed by atoms with Gasteiger partial charge in [-0.2, -0.15) is 5.26 Å². The van der Waals surface area contributed by atoms with Crippen LogP contribution in [0.15, 0.2) is 64.8 Å². The number of fused-ring (bicyclic) bond motifs is 1. The van der Waals surface area contributed by atoms with E-state index in [1.807, 2.05) is 42.0 Å². The molecule has 1 aliphatic heterocycles. The highest BCUT2D eigenvalue weighted by molar-refractivity contribution is 7.10. The summed E-state index contributed by atoms with van der Waals surface area (Å²) in [6.45, 7) is 4.25. The predicted octanol–water partition coefficient (Wildman–Crippen LogP) is 3.79. The van der Waals surface area contributed by atoms with E-state index in [-0.39, 0.29) is 18.1 Å². The molecule has 3 heterocycles. The summed E-state index contributed by atoms with van der Waals surface area (Å²) in [5.41, 5.74) is 9.50. The van der Waals surface area contributed by atoms with Crippen molar-refractivity contribution < 1.29 is 14.3 Å². The van der Waals surface area contributed by atoms with Crippen molar-refractivity contribution in [1.29, 1.82) is 5.26 Å². The number of thiophene rings is 1. The van der Waals surface area contributed by atoms with E-state index in [0.717, 1.165) is 21.5 Å². The van der Waals surface area contributed by atoms with Gasteiger partial charge in [-0.1, -0.05) is 12.1 Å². The van der Waals surface area contributed by atoms with Crippen LogP contribution in [-0.2, 0) is 20.8 Å². The van der Waals surface area contributed by atoms with Gasteiger partial charge >= 0.3 is 5.97 Å². The Bertz CT molecular complexity index is 1230. The molecule has 4 rings (SSSR count). The number of benzene rings is 1. The van der Waals surface area contributed by atoms with Gasteiger partial charge in [0.15, 0.2) is 0 Å². The fourth-order valence-electron chi connectivity index (χ4n) is 3.60. The number of allylic oxidation sites excluding steroid dienone is 2. The minimum atomic E-state index is -0.610. The lowest BCUT2D eigenvalue weighted by atomic mass is 9.87. The Labute approximate surface area is 177 Å². The van der Waals surface area contributed by atoms with Crippen LogP contribution in [0.1, 0.15) is 30.2 Å². The fourth-order valence-corrected chi connectivity index (χ4v) is 4.62. The smallest absolute Gasteiger partial charge is 0.338 e. The van der Waals surface area contributed by atoms with Crippen LogP contribution in [0.25, 0.3) is 11.0 Å². The van der Waals surface area contributed by atoms with Gasteiger partial charge in [0.1, 0.15) is 17.4 Å². The average molecular weight is 420 g/mol. The van der Waals surface area contributed by atoms with Gasteiger partial charge in [0.25, 0.3) is 0 Å². The van der Waals surface area contributed by atoms with E-state index < -0.39 is 11.9 Å². The zero-order valence-electron chi connectivity index (χ0n) is 16.6. The second-order valence-electron chi connectivity index (χ2n) is 6.83. The first kappa shape index (κ1) is 19.7. The Morgan fingerprint density at radius 3 is 3.00 bits per heavy atom. The number of rotatable bonds is 5. The van der Waals surface area contributed by atoms with E-state index in [9.17, 15) is 10.1 Å². The lowest BCUT2D eigenvalue weighted by Gasteiger charge is -2.25. The van der Waals surface area contributed by atoms with E-state index in [4.69, 9.17) is 15.2 Å². The van der Waals surface area contributed by atoms with Gasteiger partial charge in [-0.3, -0.25) is 0 Å². The summed E-state index contributed by atoms with van der Waals surface area (Å²) < 4.78 is 12.7. The van der Waals surface area contributed by atoms with Crippen LogP contribution in [0, 0.1) is 11.3 Å². The minimum Gasteiger partial charge on any atom is -0.463 e. The van der Waals surface area contributed by atoms with E-state index >= 15 is 0 Å². The largest absolute Gasteiger partial charge is 0.463 e. The van der Waals surface area contributed by atoms with Gasteiger partial charge in [0.2, 0.25) is 5.88 Å². The summed E-state index contributed by atoms with van der Waals surface area (Å²) in [5, 5.41) is 11.7. The molecular formula is C22H20N4O3S. The van der Waals surface area contributed by atoms with Crippen LogP contribution in [-0.4, -0.2) is 22.1 Å². The van der Waals surface area contributed by atoms with Crippen molar-refractivity contribution in [2.75, 3.05) is 6.61 Å².